The van der Waals surface area contributed by atoms with Gasteiger partial charge in [0.15, 0.2) is 0 Å². The minimum absolute atomic E-state index is 0.0856. The molecule has 0 radical (unpaired) electrons. The molecule has 0 saturated carbocycles. The van der Waals surface area contributed by atoms with Gasteiger partial charge in [-0.15, -0.1) is 0 Å². The van der Waals surface area contributed by atoms with Gasteiger partial charge in [0.2, 0.25) is 20.0 Å². The number of nitrogens with zero attached hydrogens (tertiary/aromatic N) is 2. The fourth-order valence-electron chi connectivity index (χ4n) is 3.42. The lowest BCUT2D eigenvalue weighted by Gasteiger charge is -2.31. The van der Waals surface area contributed by atoms with Crippen molar-refractivity contribution in [3.05, 3.63) is 63.7 Å². The maximum Gasteiger partial charge on any atom is 0.271 e. The van der Waals surface area contributed by atoms with Crippen LogP contribution in [0.5, 0.6) is 0 Å². The van der Waals surface area contributed by atoms with Crippen LogP contribution in [0.2, 0.25) is 0 Å². The quantitative estimate of drug-likeness (QED) is 0.528. The van der Waals surface area contributed by atoms with Crippen molar-refractivity contribution in [2.75, 3.05) is 13.1 Å². The predicted molar refractivity (Wildman–Crippen MR) is 111 cm³/mol. The molecule has 0 bridgehead atoms. The third-order valence-electron chi connectivity index (χ3n) is 5.26. The first-order valence-electron chi connectivity index (χ1n) is 9.35. The van der Waals surface area contributed by atoms with Gasteiger partial charge in [-0.2, -0.15) is 4.31 Å². The summed E-state index contributed by atoms with van der Waals surface area (Å²) in [5.41, 5.74) is 0.711. The lowest BCUT2D eigenvalue weighted by molar-refractivity contribution is -0.385. The molecule has 1 aliphatic heterocycles. The third kappa shape index (κ3) is 4.53. The lowest BCUT2D eigenvalue weighted by Crippen LogP contribution is -2.46. The standard InChI is InChI=1S/C19H23N3O6S2/c1-14-12-17(22(23)24)13-19(15(14)2)30(27,28)21-10-8-16(9-11-21)20-29(25,26)18-6-4-3-5-7-18/h3-7,12-13,16,20H,8-11H2,1-2H3. The topological polar surface area (TPSA) is 127 Å². The van der Waals surface area contributed by atoms with E-state index in [2.05, 4.69) is 4.72 Å². The third-order valence-corrected chi connectivity index (χ3v) is 8.82. The highest BCUT2D eigenvalue weighted by atomic mass is 32.2. The number of piperidine rings is 1. The predicted octanol–water partition coefficient (Wildman–Crippen LogP) is 2.34. The summed E-state index contributed by atoms with van der Waals surface area (Å²) in [6, 6.07) is 10.0. The first kappa shape index (κ1) is 22.3. The summed E-state index contributed by atoms with van der Waals surface area (Å²) in [5, 5.41) is 11.1. The zero-order chi connectivity index (χ0) is 22.1. The second-order valence-electron chi connectivity index (χ2n) is 7.26. The molecule has 1 heterocycles. The highest BCUT2D eigenvalue weighted by Gasteiger charge is 2.33. The molecule has 1 N–H and O–H groups in total. The summed E-state index contributed by atoms with van der Waals surface area (Å²) < 4.78 is 55.1. The first-order valence-corrected chi connectivity index (χ1v) is 12.3. The van der Waals surface area contributed by atoms with E-state index in [0.717, 1.165) is 6.07 Å². The summed E-state index contributed by atoms with van der Waals surface area (Å²) in [6.07, 6.45) is 0.608. The van der Waals surface area contributed by atoms with E-state index in [1.165, 1.54) is 22.5 Å². The SMILES string of the molecule is Cc1cc([N+](=O)[O-])cc(S(=O)(=O)N2CCC(NS(=O)(=O)c3ccccc3)CC2)c1C. The summed E-state index contributed by atoms with van der Waals surface area (Å²) in [5.74, 6) is 0. The van der Waals surface area contributed by atoms with Gasteiger partial charge in [0.05, 0.1) is 14.7 Å². The van der Waals surface area contributed by atoms with Gasteiger partial charge in [0.25, 0.3) is 5.69 Å². The first-order chi connectivity index (χ1) is 14.0. The van der Waals surface area contributed by atoms with Crippen molar-refractivity contribution >= 4 is 25.7 Å². The van der Waals surface area contributed by atoms with Crippen molar-refractivity contribution < 1.29 is 21.8 Å². The molecule has 9 nitrogen and oxygen atoms in total. The van der Waals surface area contributed by atoms with E-state index in [4.69, 9.17) is 0 Å². The minimum atomic E-state index is -3.94. The molecule has 1 fully saturated rings. The number of aryl methyl sites for hydroxylation is 1. The maximum absolute atomic E-state index is 13.1. The van der Waals surface area contributed by atoms with Crippen molar-refractivity contribution in [2.24, 2.45) is 0 Å². The van der Waals surface area contributed by atoms with Crippen molar-refractivity contribution in [1.82, 2.24) is 9.03 Å². The van der Waals surface area contributed by atoms with Crippen LogP contribution in [0, 0.1) is 24.0 Å². The van der Waals surface area contributed by atoms with Crippen molar-refractivity contribution in [3.8, 4) is 0 Å². The molecule has 0 amide bonds. The Morgan fingerprint density at radius 2 is 1.63 bits per heavy atom. The molecule has 0 atom stereocenters. The zero-order valence-corrected chi connectivity index (χ0v) is 18.2. The fourth-order valence-corrected chi connectivity index (χ4v) is 6.54. The average molecular weight is 454 g/mol. The second kappa shape index (κ2) is 8.42. The molecule has 3 rings (SSSR count). The van der Waals surface area contributed by atoms with Gasteiger partial charge >= 0.3 is 0 Å². The molecule has 2 aromatic rings. The highest BCUT2D eigenvalue weighted by molar-refractivity contribution is 7.89. The van der Waals surface area contributed by atoms with Crippen LogP contribution in [0.15, 0.2) is 52.3 Å². The number of hydrogen-bond acceptors (Lipinski definition) is 6. The molecular weight excluding hydrogens is 430 g/mol. The Labute approximate surface area is 176 Å². The summed E-state index contributed by atoms with van der Waals surface area (Å²) in [7, 11) is -7.62. The monoisotopic (exact) mass is 453 g/mol. The number of hydrogen-bond donors (Lipinski definition) is 1. The van der Waals surface area contributed by atoms with Crippen LogP contribution in [0.3, 0.4) is 0 Å². The number of non-ortho nitro benzene ring substituents is 1. The molecule has 1 saturated heterocycles. The van der Waals surface area contributed by atoms with Gasteiger partial charge in [-0.05, 0) is 49.9 Å². The minimum Gasteiger partial charge on any atom is -0.258 e. The van der Waals surface area contributed by atoms with E-state index in [1.807, 2.05) is 0 Å². The molecule has 1 aliphatic rings. The Balaban J connectivity index is 1.76. The van der Waals surface area contributed by atoms with E-state index in [-0.39, 0.29) is 28.6 Å². The van der Waals surface area contributed by atoms with Crippen LogP contribution < -0.4 is 4.72 Å². The Kier molecular flexibility index (Phi) is 6.27. The number of nitrogens with one attached hydrogen (secondary N) is 1. The summed E-state index contributed by atoms with van der Waals surface area (Å²) >= 11 is 0. The molecule has 2 aromatic carbocycles. The number of nitro benzene ring substituents is 1. The average Bonchev–Trinajstić information content (AvgIpc) is 2.70. The normalized spacial score (nSPS) is 16.5. The zero-order valence-electron chi connectivity index (χ0n) is 16.6. The smallest absolute Gasteiger partial charge is 0.258 e. The summed E-state index contributed by atoms with van der Waals surface area (Å²) in [4.78, 5) is 10.6. The van der Waals surface area contributed by atoms with E-state index in [1.54, 1.807) is 32.0 Å². The molecule has 30 heavy (non-hydrogen) atoms. The number of nitro groups is 1. The molecule has 0 unspecified atom stereocenters. The van der Waals surface area contributed by atoms with Crippen molar-refractivity contribution in [1.29, 1.82) is 0 Å². The van der Waals surface area contributed by atoms with Gasteiger partial charge in [0.1, 0.15) is 0 Å². The molecular formula is C19H23N3O6S2. The van der Waals surface area contributed by atoms with Crippen LogP contribution in [-0.2, 0) is 20.0 Å². The second-order valence-corrected chi connectivity index (χ2v) is 10.9. The Morgan fingerprint density at radius 1 is 1.03 bits per heavy atom. The van der Waals surface area contributed by atoms with E-state index < -0.39 is 31.0 Å². The number of rotatable bonds is 6. The Hall–Kier alpha value is -2.34. The Bertz CT molecular complexity index is 1160. The largest absolute Gasteiger partial charge is 0.271 e. The van der Waals surface area contributed by atoms with Gasteiger partial charge in [-0.25, -0.2) is 21.6 Å². The van der Waals surface area contributed by atoms with Crippen LogP contribution in [0.4, 0.5) is 5.69 Å². The molecule has 11 heteroatoms. The van der Waals surface area contributed by atoms with Gasteiger partial charge in [-0.3, -0.25) is 10.1 Å². The van der Waals surface area contributed by atoms with Crippen LogP contribution in [0.25, 0.3) is 0 Å². The van der Waals surface area contributed by atoms with Crippen LogP contribution >= 0.6 is 0 Å². The number of benzene rings is 2. The summed E-state index contributed by atoms with van der Waals surface area (Å²) in [6.45, 7) is 3.48. The van der Waals surface area contributed by atoms with Crippen LogP contribution in [-0.4, -0.2) is 45.2 Å². The van der Waals surface area contributed by atoms with E-state index in [0.29, 0.717) is 24.0 Å². The van der Waals surface area contributed by atoms with Gasteiger partial charge in [0, 0.05) is 31.3 Å². The number of sulfonamides is 2. The van der Waals surface area contributed by atoms with Crippen LogP contribution in [0.1, 0.15) is 24.0 Å². The van der Waals surface area contributed by atoms with E-state index in [9.17, 15) is 26.9 Å². The fraction of sp³-hybridized carbons (Fsp3) is 0.368. The van der Waals surface area contributed by atoms with E-state index >= 15 is 0 Å². The lowest BCUT2D eigenvalue weighted by atomic mass is 10.1. The molecule has 162 valence electrons. The van der Waals surface area contributed by atoms with Crippen molar-refractivity contribution in [2.45, 2.75) is 42.5 Å². The van der Waals surface area contributed by atoms with Gasteiger partial charge < -0.3 is 0 Å². The highest BCUT2D eigenvalue weighted by Crippen LogP contribution is 2.29. The Morgan fingerprint density at radius 3 is 2.20 bits per heavy atom. The molecule has 0 aliphatic carbocycles. The van der Waals surface area contributed by atoms with Gasteiger partial charge in [-0.1, -0.05) is 18.2 Å². The molecule has 0 spiro atoms. The van der Waals surface area contributed by atoms with Crippen molar-refractivity contribution in [3.63, 3.8) is 0 Å². The maximum atomic E-state index is 13.1. The molecule has 0 aromatic heterocycles.